The van der Waals surface area contributed by atoms with Gasteiger partial charge in [-0.3, -0.25) is 0 Å². The molecule has 1 atom stereocenters. The molecule has 7 nitrogen and oxygen atoms in total. The number of rotatable bonds is 5. The fraction of sp³-hybridized carbons (Fsp3) is 0.217. The summed E-state index contributed by atoms with van der Waals surface area (Å²) < 4.78 is 59.3. The molecule has 1 aliphatic rings. The highest BCUT2D eigenvalue weighted by Gasteiger charge is 2.22. The van der Waals surface area contributed by atoms with Crippen LogP contribution in [0.15, 0.2) is 53.5 Å². The molecule has 4 aromatic rings. The van der Waals surface area contributed by atoms with Crippen molar-refractivity contribution in [1.82, 2.24) is 19.8 Å². The molecule has 2 N–H and O–H groups in total. The van der Waals surface area contributed by atoms with Gasteiger partial charge in [0, 0.05) is 34.9 Å². The minimum absolute atomic E-state index is 0.0594. The molecule has 3 heterocycles. The van der Waals surface area contributed by atoms with Crippen molar-refractivity contribution >= 4 is 26.6 Å². The molecule has 1 unspecified atom stereocenters. The van der Waals surface area contributed by atoms with Crippen molar-refractivity contribution < 1.29 is 21.7 Å². The molecular formula is C23H20F2N4O3S. The second-order valence-corrected chi connectivity index (χ2v) is 9.86. The van der Waals surface area contributed by atoms with Crippen molar-refractivity contribution in [1.29, 1.82) is 0 Å². The third-order valence-corrected chi connectivity index (χ3v) is 6.51. The molecule has 3 aromatic heterocycles. The van der Waals surface area contributed by atoms with Gasteiger partial charge in [0.1, 0.15) is 5.65 Å². The Hall–Kier alpha value is -3.37. The predicted octanol–water partition coefficient (Wildman–Crippen LogP) is 4.65. The fourth-order valence-electron chi connectivity index (χ4n) is 4.21. The summed E-state index contributed by atoms with van der Waals surface area (Å²) in [5.41, 5.74) is 3.61. The first-order chi connectivity index (χ1) is 15.8. The van der Waals surface area contributed by atoms with Crippen molar-refractivity contribution in [2.75, 3.05) is 6.26 Å². The first-order valence-corrected chi connectivity index (χ1v) is 12.2. The maximum Gasteiger partial charge on any atom is 0.208 e. The van der Waals surface area contributed by atoms with Crippen molar-refractivity contribution in [3.05, 3.63) is 66.1 Å². The van der Waals surface area contributed by atoms with E-state index in [0.717, 1.165) is 28.8 Å². The number of nitrogens with zero attached hydrogens (tertiary/aromatic N) is 2. The maximum absolute atomic E-state index is 14.4. The number of aromatic amines is 1. The summed E-state index contributed by atoms with van der Waals surface area (Å²) in [6.45, 7) is 0. The van der Waals surface area contributed by atoms with Crippen LogP contribution in [-0.4, -0.2) is 35.8 Å². The number of fused-ring (bicyclic) bond motifs is 1. The summed E-state index contributed by atoms with van der Waals surface area (Å²) in [6.07, 6.45) is 9.96. The van der Waals surface area contributed by atoms with E-state index in [-0.39, 0.29) is 11.6 Å². The maximum atomic E-state index is 14.4. The van der Waals surface area contributed by atoms with Gasteiger partial charge >= 0.3 is 0 Å². The van der Waals surface area contributed by atoms with Gasteiger partial charge < -0.3 is 9.51 Å². The fourth-order valence-corrected chi connectivity index (χ4v) is 5.03. The van der Waals surface area contributed by atoms with E-state index >= 15 is 0 Å². The van der Waals surface area contributed by atoms with Gasteiger partial charge in [-0.15, -0.1) is 0 Å². The van der Waals surface area contributed by atoms with Crippen molar-refractivity contribution in [2.24, 2.45) is 0 Å². The average molecular weight is 471 g/mol. The van der Waals surface area contributed by atoms with Gasteiger partial charge in [0.05, 0.1) is 18.0 Å². The summed E-state index contributed by atoms with van der Waals surface area (Å²) in [7, 11) is -3.25. The Morgan fingerprint density at radius 1 is 1.18 bits per heavy atom. The Bertz CT molecular complexity index is 1490. The second-order valence-electron chi connectivity index (χ2n) is 8.08. The van der Waals surface area contributed by atoms with Gasteiger partial charge in [-0.1, -0.05) is 23.4 Å². The molecule has 1 aliphatic carbocycles. The molecule has 170 valence electrons. The van der Waals surface area contributed by atoms with E-state index in [1.54, 1.807) is 12.4 Å². The van der Waals surface area contributed by atoms with Crippen LogP contribution in [0.4, 0.5) is 8.78 Å². The molecule has 0 bridgehead atoms. The van der Waals surface area contributed by atoms with Gasteiger partial charge in [-0.25, -0.2) is 26.9 Å². The van der Waals surface area contributed by atoms with Gasteiger partial charge in [0.2, 0.25) is 10.0 Å². The lowest BCUT2D eigenvalue weighted by Crippen LogP contribution is -2.34. The van der Waals surface area contributed by atoms with Crippen LogP contribution in [0.3, 0.4) is 0 Å². The summed E-state index contributed by atoms with van der Waals surface area (Å²) in [4.78, 5) is 7.58. The summed E-state index contributed by atoms with van der Waals surface area (Å²) >= 11 is 0. The topological polar surface area (TPSA) is 101 Å². The minimum Gasteiger partial charge on any atom is -0.356 e. The predicted molar refractivity (Wildman–Crippen MR) is 121 cm³/mol. The smallest absolute Gasteiger partial charge is 0.208 e. The Labute approximate surface area is 188 Å². The number of hydrogen-bond acceptors (Lipinski definition) is 5. The van der Waals surface area contributed by atoms with Crippen LogP contribution in [0.1, 0.15) is 24.8 Å². The summed E-state index contributed by atoms with van der Waals surface area (Å²) in [6, 6.07) is 5.79. The van der Waals surface area contributed by atoms with Crippen LogP contribution in [0.5, 0.6) is 0 Å². The summed E-state index contributed by atoms with van der Waals surface area (Å²) in [5, 5.41) is 4.57. The SMILES string of the molecule is CS(=O)(=O)NC1CC=C(c2cnc3[nH]cc(-c4oncc4-c4cccc(F)c4F)c3c2)CC1. The van der Waals surface area contributed by atoms with Gasteiger partial charge in [0.25, 0.3) is 0 Å². The van der Waals surface area contributed by atoms with E-state index in [1.807, 2.05) is 12.1 Å². The van der Waals surface area contributed by atoms with E-state index in [4.69, 9.17) is 4.52 Å². The van der Waals surface area contributed by atoms with Crippen LogP contribution in [0, 0.1) is 11.6 Å². The van der Waals surface area contributed by atoms with Gasteiger partial charge in [0.15, 0.2) is 17.4 Å². The lowest BCUT2D eigenvalue weighted by molar-refractivity contribution is 0.432. The standard InChI is InChI=1S/C23H20F2N4O3S/c1-33(30,31)29-15-7-5-13(6-8-15)14-9-17-18(11-27-23(17)26-10-14)22-19(12-28-32-22)16-3-2-4-20(24)21(16)25/h2-5,9-12,15,29H,6-8H2,1H3,(H,26,27). The quantitative estimate of drug-likeness (QED) is 0.442. The minimum atomic E-state index is -3.25. The van der Waals surface area contributed by atoms with E-state index in [0.29, 0.717) is 41.8 Å². The van der Waals surface area contributed by atoms with Crippen LogP contribution in [-0.2, 0) is 10.0 Å². The number of allylic oxidation sites excluding steroid dienone is 1. The number of sulfonamides is 1. The van der Waals surface area contributed by atoms with E-state index in [9.17, 15) is 17.2 Å². The zero-order chi connectivity index (χ0) is 23.2. The van der Waals surface area contributed by atoms with Gasteiger partial charge in [-0.2, -0.15) is 0 Å². The molecule has 5 rings (SSSR count). The zero-order valence-corrected chi connectivity index (χ0v) is 18.4. The third kappa shape index (κ3) is 4.19. The molecule has 0 amide bonds. The lowest BCUT2D eigenvalue weighted by atomic mass is 9.91. The first-order valence-electron chi connectivity index (χ1n) is 10.3. The third-order valence-electron chi connectivity index (χ3n) is 5.75. The highest BCUT2D eigenvalue weighted by atomic mass is 32.2. The zero-order valence-electron chi connectivity index (χ0n) is 17.6. The number of pyridine rings is 1. The summed E-state index contributed by atoms with van der Waals surface area (Å²) in [5.74, 6) is -1.61. The van der Waals surface area contributed by atoms with Crippen LogP contribution >= 0.6 is 0 Å². The highest BCUT2D eigenvalue weighted by molar-refractivity contribution is 7.88. The molecule has 0 fully saturated rings. The van der Waals surface area contributed by atoms with E-state index in [2.05, 4.69) is 19.8 Å². The number of halogens is 2. The van der Waals surface area contributed by atoms with Crippen LogP contribution in [0.2, 0.25) is 0 Å². The second kappa shape index (κ2) is 8.20. The van der Waals surface area contributed by atoms with Crippen LogP contribution < -0.4 is 4.72 Å². The molecule has 0 aliphatic heterocycles. The monoisotopic (exact) mass is 470 g/mol. The Balaban J connectivity index is 1.51. The van der Waals surface area contributed by atoms with E-state index in [1.165, 1.54) is 18.3 Å². The number of aromatic nitrogens is 3. The molecular weight excluding hydrogens is 450 g/mol. The van der Waals surface area contributed by atoms with Crippen molar-refractivity contribution in [3.63, 3.8) is 0 Å². The van der Waals surface area contributed by atoms with Crippen molar-refractivity contribution in [2.45, 2.75) is 25.3 Å². The molecule has 0 saturated carbocycles. The number of benzene rings is 1. The number of nitrogens with one attached hydrogen (secondary N) is 2. The number of hydrogen-bond donors (Lipinski definition) is 2. The lowest BCUT2D eigenvalue weighted by Gasteiger charge is -2.22. The van der Waals surface area contributed by atoms with Gasteiger partial charge in [-0.05, 0) is 42.5 Å². The largest absolute Gasteiger partial charge is 0.356 e. The van der Waals surface area contributed by atoms with Crippen molar-refractivity contribution in [3.8, 4) is 22.5 Å². The molecule has 0 radical (unpaired) electrons. The number of H-pyrrole nitrogens is 1. The molecule has 10 heteroatoms. The average Bonchev–Trinajstić information content (AvgIpc) is 3.41. The van der Waals surface area contributed by atoms with E-state index < -0.39 is 21.7 Å². The molecule has 0 saturated heterocycles. The Kier molecular flexibility index (Phi) is 5.34. The molecule has 33 heavy (non-hydrogen) atoms. The van der Waals surface area contributed by atoms with Crippen LogP contribution in [0.25, 0.3) is 39.1 Å². The normalized spacial score (nSPS) is 16.8. The Morgan fingerprint density at radius 2 is 2.03 bits per heavy atom. The first kappa shape index (κ1) is 21.5. The highest BCUT2D eigenvalue weighted by Crippen LogP contribution is 2.38. The molecule has 0 spiro atoms. The Morgan fingerprint density at radius 3 is 2.79 bits per heavy atom. The molecule has 1 aromatic carbocycles.